The third-order valence-corrected chi connectivity index (χ3v) is 3.94. The summed E-state index contributed by atoms with van der Waals surface area (Å²) in [4.78, 5) is 16.3. The summed E-state index contributed by atoms with van der Waals surface area (Å²) < 4.78 is 5.83. The summed E-state index contributed by atoms with van der Waals surface area (Å²) in [6.45, 7) is 11.1. The summed E-state index contributed by atoms with van der Waals surface area (Å²) in [5, 5.41) is 0. The number of carbonyl (C=O) groups is 1. The number of amides is 1. The van der Waals surface area contributed by atoms with Crippen LogP contribution in [0.4, 0.5) is 0 Å². The van der Waals surface area contributed by atoms with Gasteiger partial charge >= 0.3 is 0 Å². The lowest BCUT2D eigenvalue weighted by Crippen LogP contribution is -2.50. The Morgan fingerprint density at radius 1 is 1.19 bits per heavy atom. The first kappa shape index (κ1) is 15.8. The first-order valence-corrected chi connectivity index (χ1v) is 7.77. The summed E-state index contributed by atoms with van der Waals surface area (Å²) >= 11 is 0. The molecule has 4 nitrogen and oxygen atoms in total. The lowest BCUT2D eigenvalue weighted by molar-refractivity contribution is -0.136. The van der Waals surface area contributed by atoms with Gasteiger partial charge in [-0.15, -0.1) is 0 Å². The Labute approximate surface area is 127 Å². The molecule has 0 aliphatic carbocycles. The summed E-state index contributed by atoms with van der Waals surface area (Å²) in [6, 6.07) is 8.09. The number of rotatable bonds is 5. The molecule has 1 aliphatic heterocycles. The van der Waals surface area contributed by atoms with Crippen LogP contribution in [0.25, 0.3) is 0 Å². The van der Waals surface area contributed by atoms with Gasteiger partial charge in [0.15, 0.2) is 0 Å². The highest BCUT2D eigenvalue weighted by Gasteiger charge is 2.22. The van der Waals surface area contributed by atoms with Gasteiger partial charge in [0, 0.05) is 38.6 Å². The van der Waals surface area contributed by atoms with Crippen molar-refractivity contribution >= 4 is 5.91 Å². The molecule has 0 N–H and O–H groups in total. The lowest BCUT2D eigenvalue weighted by atomic mass is 10.1. The van der Waals surface area contributed by atoms with Crippen LogP contribution in [-0.2, 0) is 4.79 Å². The minimum absolute atomic E-state index is 0.0981. The molecule has 1 heterocycles. The standard InChI is InChI=1S/C17H26N2O2/c1-14(2)17(20)19-10-8-18(9-11-19)12-13-21-16-7-5-4-6-15(16)3/h4-7,14H,8-13H2,1-3H3. The first-order valence-electron chi connectivity index (χ1n) is 7.77. The summed E-state index contributed by atoms with van der Waals surface area (Å²) in [5.41, 5.74) is 1.17. The van der Waals surface area contributed by atoms with Gasteiger partial charge in [0.2, 0.25) is 5.91 Å². The van der Waals surface area contributed by atoms with Crippen LogP contribution in [0.1, 0.15) is 19.4 Å². The van der Waals surface area contributed by atoms with Crippen molar-refractivity contribution in [2.24, 2.45) is 5.92 Å². The molecule has 1 aromatic rings. The van der Waals surface area contributed by atoms with Gasteiger partial charge in [0.1, 0.15) is 12.4 Å². The van der Waals surface area contributed by atoms with E-state index in [4.69, 9.17) is 4.74 Å². The number of benzene rings is 1. The third-order valence-electron chi connectivity index (χ3n) is 3.94. The van der Waals surface area contributed by atoms with Crippen LogP contribution in [0.15, 0.2) is 24.3 Å². The van der Waals surface area contributed by atoms with Crippen molar-refractivity contribution in [1.82, 2.24) is 9.80 Å². The zero-order chi connectivity index (χ0) is 15.2. The first-order chi connectivity index (χ1) is 10.1. The van der Waals surface area contributed by atoms with Crippen molar-refractivity contribution in [1.29, 1.82) is 0 Å². The third kappa shape index (κ3) is 4.46. The molecule has 21 heavy (non-hydrogen) atoms. The fourth-order valence-corrected chi connectivity index (χ4v) is 2.56. The van der Waals surface area contributed by atoms with Gasteiger partial charge in [-0.05, 0) is 18.6 Å². The Kier molecular flexibility index (Phi) is 5.62. The molecule has 0 atom stereocenters. The van der Waals surface area contributed by atoms with Gasteiger partial charge in [-0.1, -0.05) is 32.0 Å². The van der Waals surface area contributed by atoms with Crippen LogP contribution < -0.4 is 4.74 Å². The highest BCUT2D eigenvalue weighted by molar-refractivity contribution is 5.78. The van der Waals surface area contributed by atoms with E-state index in [2.05, 4.69) is 17.9 Å². The maximum atomic E-state index is 11.9. The van der Waals surface area contributed by atoms with Crippen LogP contribution in [0.3, 0.4) is 0 Å². The topological polar surface area (TPSA) is 32.8 Å². The molecular weight excluding hydrogens is 264 g/mol. The van der Waals surface area contributed by atoms with Crippen LogP contribution in [-0.4, -0.2) is 55.0 Å². The molecule has 0 bridgehead atoms. The molecule has 1 saturated heterocycles. The SMILES string of the molecule is Cc1ccccc1OCCN1CCN(C(=O)C(C)C)CC1. The molecule has 1 aliphatic rings. The number of hydrogen-bond acceptors (Lipinski definition) is 3. The number of aryl methyl sites for hydroxylation is 1. The molecule has 0 unspecified atom stereocenters. The normalized spacial score (nSPS) is 16.3. The van der Waals surface area contributed by atoms with Crippen molar-refractivity contribution in [3.05, 3.63) is 29.8 Å². The highest BCUT2D eigenvalue weighted by atomic mass is 16.5. The zero-order valence-electron chi connectivity index (χ0n) is 13.3. The number of para-hydroxylation sites is 1. The van der Waals surface area contributed by atoms with Gasteiger partial charge in [-0.3, -0.25) is 9.69 Å². The summed E-state index contributed by atoms with van der Waals surface area (Å²) in [6.07, 6.45) is 0. The van der Waals surface area contributed by atoms with Crippen LogP contribution in [0, 0.1) is 12.8 Å². The monoisotopic (exact) mass is 290 g/mol. The molecule has 0 spiro atoms. The van der Waals surface area contributed by atoms with Gasteiger partial charge < -0.3 is 9.64 Å². The Morgan fingerprint density at radius 3 is 2.48 bits per heavy atom. The van der Waals surface area contributed by atoms with Crippen molar-refractivity contribution in [2.75, 3.05) is 39.3 Å². The lowest BCUT2D eigenvalue weighted by Gasteiger charge is -2.35. The van der Waals surface area contributed by atoms with E-state index in [1.165, 1.54) is 5.56 Å². The fourth-order valence-electron chi connectivity index (χ4n) is 2.56. The maximum Gasteiger partial charge on any atom is 0.225 e. The minimum Gasteiger partial charge on any atom is -0.492 e. The second kappa shape index (κ2) is 7.46. The molecule has 0 saturated carbocycles. The molecule has 1 fully saturated rings. The number of carbonyl (C=O) groups excluding carboxylic acids is 1. The Hall–Kier alpha value is -1.55. The van der Waals surface area contributed by atoms with Gasteiger partial charge in [0.25, 0.3) is 0 Å². The number of piperazine rings is 1. The van der Waals surface area contributed by atoms with Crippen molar-refractivity contribution in [2.45, 2.75) is 20.8 Å². The van der Waals surface area contributed by atoms with Gasteiger partial charge in [0.05, 0.1) is 0 Å². The molecule has 0 aromatic heterocycles. The number of ether oxygens (including phenoxy) is 1. The van der Waals surface area contributed by atoms with E-state index in [1.807, 2.05) is 36.9 Å². The van der Waals surface area contributed by atoms with Gasteiger partial charge in [-0.25, -0.2) is 0 Å². The largest absolute Gasteiger partial charge is 0.492 e. The Balaban J connectivity index is 1.70. The van der Waals surface area contributed by atoms with Crippen molar-refractivity contribution < 1.29 is 9.53 Å². The van der Waals surface area contributed by atoms with E-state index in [0.717, 1.165) is 38.5 Å². The Bertz CT molecular complexity index is 466. The zero-order valence-corrected chi connectivity index (χ0v) is 13.3. The van der Waals surface area contributed by atoms with Crippen molar-refractivity contribution in [3.63, 3.8) is 0 Å². The second-order valence-corrected chi connectivity index (χ2v) is 5.94. The van der Waals surface area contributed by atoms with E-state index in [1.54, 1.807) is 0 Å². The second-order valence-electron chi connectivity index (χ2n) is 5.94. The average molecular weight is 290 g/mol. The quantitative estimate of drug-likeness (QED) is 0.833. The summed E-state index contributed by atoms with van der Waals surface area (Å²) in [7, 11) is 0. The molecule has 2 rings (SSSR count). The van der Waals surface area contributed by atoms with Crippen molar-refractivity contribution in [3.8, 4) is 5.75 Å². The molecule has 116 valence electrons. The summed E-state index contributed by atoms with van der Waals surface area (Å²) in [5.74, 6) is 1.33. The number of nitrogens with zero attached hydrogens (tertiary/aromatic N) is 2. The fraction of sp³-hybridized carbons (Fsp3) is 0.588. The van der Waals surface area contributed by atoms with Crippen LogP contribution >= 0.6 is 0 Å². The predicted molar refractivity (Wildman–Crippen MR) is 84.5 cm³/mol. The van der Waals surface area contributed by atoms with E-state index in [-0.39, 0.29) is 11.8 Å². The average Bonchev–Trinajstić information content (AvgIpc) is 2.49. The smallest absolute Gasteiger partial charge is 0.225 e. The van der Waals surface area contributed by atoms with Gasteiger partial charge in [-0.2, -0.15) is 0 Å². The molecule has 0 radical (unpaired) electrons. The molecule has 4 heteroatoms. The maximum absolute atomic E-state index is 11.9. The number of hydrogen-bond donors (Lipinski definition) is 0. The predicted octanol–water partition coefficient (Wildman–Crippen LogP) is 2.17. The van der Waals surface area contributed by atoms with E-state index in [0.29, 0.717) is 6.61 Å². The minimum atomic E-state index is 0.0981. The van der Waals surface area contributed by atoms with E-state index >= 15 is 0 Å². The van der Waals surface area contributed by atoms with Crippen LogP contribution in [0.5, 0.6) is 5.75 Å². The van der Waals surface area contributed by atoms with E-state index in [9.17, 15) is 4.79 Å². The highest BCUT2D eigenvalue weighted by Crippen LogP contribution is 2.16. The molecule has 1 amide bonds. The van der Waals surface area contributed by atoms with E-state index < -0.39 is 0 Å². The molecule has 1 aromatic carbocycles. The van der Waals surface area contributed by atoms with Crippen LogP contribution in [0.2, 0.25) is 0 Å². The Morgan fingerprint density at radius 2 is 1.86 bits per heavy atom. The molecular formula is C17H26N2O2.